The molecule has 2 aromatic heterocycles. The van der Waals surface area contributed by atoms with Crippen LogP contribution in [-0.2, 0) is 29.1 Å². The number of nitrogens with zero attached hydrogens (tertiary/aromatic N) is 3. The first kappa shape index (κ1) is 44.9. The van der Waals surface area contributed by atoms with Gasteiger partial charge in [-0.2, -0.15) is 4.98 Å². The summed E-state index contributed by atoms with van der Waals surface area (Å²) in [5.74, 6) is -1.20. The number of aromatic nitrogens is 2. The van der Waals surface area contributed by atoms with Crippen molar-refractivity contribution in [2.24, 2.45) is 5.92 Å². The van der Waals surface area contributed by atoms with Crippen molar-refractivity contribution in [1.29, 1.82) is 0 Å². The van der Waals surface area contributed by atoms with Crippen LogP contribution < -0.4 is 24.8 Å². The minimum Gasteiger partial charge on any atom is -0.491 e. The predicted molar refractivity (Wildman–Crippen MR) is 239 cm³/mol. The molecule has 2 aromatic carbocycles. The van der Waals surface area contributed by atoms with Gasteiger partial charge in [-0.1, -0.05) is 38.0 Å². The summed E-state index contributed by atoms with van der Waals surface area (Å²) in [5, 5.41) is 5.78. The van der Waals surface area contributed by atoms with E-state index in [9.17, 15) is 27.6 Å². The summed E-state index contributed by atoms with van der Waals surface area (Å²) in [4.78, 5) is 67.5. The van der Waals surface area contributed by atoms with Crippen LogP contribution in [0.2, 0.25) is 0 Å². The number of likely N-dealkylation sites (tertiary alicyclic amines) is 1. The third-order valence-corrected chi connectivity index (χ3v) is 14.4. The Bertz CT molecular complexity index is 2500. The van der Waals surface area contributed by atoms with Crippen LogP contribution in [0.15, 0.2) is 65.6 Å². The molecule has 1 unspecified atom stereocenters. The molecule has 17 heteroatoms. The van der Waals surface area contributed by atoms with Gasteiger partial charge in [0.2, 0.25) is 27.4 Å². The highest BCUT2D eigenvalue weighted by Crippen LogP contribution is 2.44. The number of ether oxygens (including phenoxy) is 3. The molecule has 1 aliphatic heterocycles. The molecule has 0 bridgehead atoms. The van der Waals surface area contributed by atoms with Gasteiger partial charge >= 0.3 is 6.09 Å². The third-order valence-electron chi connectivity index (χ3n) is 12.6. The number of carbonyl (C=O) groups excluding carboxylic acids is 4. The van der Waals surface area contributed by atoms with E-state index in [0.29, 0.717) is 47.5 Å². The number of unbranched alkanes of at least 4 members (excludes halogenated alkanes) is 3. The minimum absolute atomic E-state index is 0.0162. The molecule has 8 rings (SSSR count). The van der Waals surface area contributed by atoms with Gasteiger partial charge < -0.3 is 34.2 Å². The standard InChI is InChI=1S/C47H58N6O10S/c1-5-6-7-8-9-17-36(48-46(57)62-31-14-10-11-15-31)44(55)53-27-33(25-37(53)42(54)51-47(26-29(47)4)45(56)52-64(58,59)34-23-24-34)61-43-40-39(35-16-12-13-18-38(35)63-40)49-41(50-43)30-19-21-32(22-20-30)60-28(2)3/h5,12-13,16,18-22,28-29,31,33-34,36-37H,1,6-11,14-15,17,23-27H2,2-4H3,(H,48,57)(H,51,54)(H,52,56)/t29?,33-,36+,37+,47-/m1/s1. The third kappa shape index (κ3) is 9.98. The number of alkyl carbamates (subject to hydrolysis) is 1. The molecule has 4 fully saturated rings. The van der Waals surface area contributed by atoms with E-state index in [0.717, 1.165) is 50.3 Å². The predicted octanol–water partition coefficient (Wildman–Crippen LogP) is 6.86. The van der Waals surface area contributed by atoms with Crippen LogP contribution >= 0.6 is 0 Å². The SMILES string of the molecule is C=CCCCCC[C@H](NC(=O)OC1CCCC1)C(=O)N1C[C@H](Oc2nc(-c3ccc(OC(C)C)cc3)nc3c2oc2ccccc23)C[C@H]1C(=O)N[C@]1(C(=O)NS(=O)(=O)C2CC2)CC1C. The quantitative estimate of drug-likeness (QED) is 0.0652. The Hall–Kier alpha value is -5.71. The van der Waals surface area contributed by atoms with E-state index in [2.05, 4.69) is 21.9 Å². The maximum absolute atomic E-state index is 14.9. The number of fused-ring (bicyclic) bond motifs is 3. The van der Waals surface area contributed by atoms with E-state index in [1.807, 2.05) is 68.5 Å². The Kier molecular flexibility index (Phi) is 13.2. The van der Waals surface area contributed by atoms with Crippen LogP contribution in [-0.4, -0.2) is 94.8 Å². The average molecular weight is 899 g/mol. The van der Waals surface area contributed by atoms with E-state index in [4.69, 9.17) is 28.6 Å². The zero-order valence-corrected chi connectivity index (χ0v) is 37.5. The van der Waals surface area contributed by atoms with Crippen molar-refractivity contribution in [3.05, 3.63) is 61.2 Å². The number of carbonyl (C=O) groups is 4. The maximum Gasteiger partial charge on any atom is 0.408 e. The molecule has 16 nitrogen and oxygen atoms in total. The first-order chi connectivity index (χ1) is 30.7. The van der Waals surface area contributed by atoms with Crippen molar-refractivity contribution >= 4 is 55.9 Å². The number of sulfonamides is 1. The Balaban J connectivity index is 1.10. The summed E-state index contributed by atoms with van der Waals surface area (Å²) >= 11 is 0. The van der Waals surface area contributed by atoms with Crippen molar-refractivity contribution in [3.8, 4) is 23.0 Å². The topological polar surface area (TPSA) is 208 Å². The van der Waals surface area contributed by atoms with Gasteiger partial charge in [-0.3, -0.25) is 19.1 Å². The lowest BCUT2D eigenvalue weighted by atomic mass is 10.0. The molecule has 4 aliphatic rings. The van der Waals surface area contributed by atoms with Gasteiger partial charge in [0.05, 0.1) is 17.9 Å². The molecule has 3 saturated carbocycles. The molecule has 4 amide bonds. The lowest BCUT2D eigenvalue weighted by Gasteiger charge is -2.30. The van der Waals surface area contributed by atoms with Crippen LogP contribution in [0, 0.1) is 5.92 Å². The molecular weight excluding hydrogens is 841 g/mol. The van der Waals surface area contributed by atoms with Crippen molar-refractivity contribution in [2.75, 3.05) is 6.54 Å². The van der Waals surface area contributed by atoms with Crippen LogP contribution in [0.5, 0.6) is 11.6 Å². The molecule has 342 valence electrons. The summed E-state index contributed by atoms with van der Waals surface area (Å²) < 4.78 is 52.4. The first-order valence-electron chi connectivity index (χ1n) is 22.6. The van der Waals surface area contributed by atoms with E-state index in [1.54, 1.807) is 6.92 Å². The Morgan fingerprint density at radius 3 is 2.41 bits per heavy atom. The summed E-state index contributed by atoms with van der Waals surface area (Å²) in [7, 11) is -3.90. The number of allylic oxidation sites excluding steroid dienone is 1. The molecule has 3 heterocycles. The Morgan fingerprint density at radius 2 is 1.72 bits per heavy atom. The number of benzene rings is 2. The lowest BCUT2D eigenvalue weighted by molar-refractivity contribution is -0.141. The summed E-state index contributed by atoms with van der Waals surface area (Å²) in [6.07, 6.45) is 7.90. The fraction of sp³-hybridized carbons (Fsp3) is 0.532. The number of para-hydroxylation sites is 1. The fourth-order valence-corrected chi connectivity index (χ4v) is 10.2. The molecule has 1 saturated heterocycles. The normalized spacial score (nSPS) is 22.6. The second-order valence-electron chi connectivity index (χ2n) is 18.0. The van der Waals surface area contributed by atoms with Gasteiger partial charge in [0, 0.05) is 17.4 Å². The molecule has 3 N–H and O–H groups in total. The lowest BCUT2D eigenvalue weighted by Crippen LogP contribution is -2.58. The molecule has 4 aromatic rings. The van der Waals surface area contributed by atoms with Gasteiger partial charge in [0.1, 0.15) is 46.7 Å². The van der Waals surface area contributed by atoms with Crippen LogP contribution in [0.25, 0.3) is 33.5 Å². The average Bonchev–Trinajstić information content (AvgIpc) is 4.04. The van der Waals surface area contributed by atoms with Crippen molar-refractivity contribution in [1.82, 2.24) is 30.2 Å². The fourth-order valence-electron chi connectivity index (χ4n) is 8.82. The van der Waals surface area contributed by atoms with Crippen molar-refractivity contribution in [2.45, 2.75) is 145 Å². The van der Waals surface area contributed by atoms with E-state index in [1.165, 1.54) is 4.90 Å². The summed E-state index contributed by atoms with van der Waals surface area (Å²) in [6, 6.07) is 12.6. The number of nitrogens with one attached hydrogen (secondary N) is 3. The van der Waals surface area contributed by atoms with Crippen LogP contribution in [0.3, 0.4) is 0 Å². The summed E-state index contributed by atoms with van der Waals surface area (Å²) in [6.45, 7) is 9.36. The highest BCUT2D eigenvalue weighted by Gasteiger charge is 2.61. The van der Waals surface area contributed by atoms with E-state index in [-0.39, 0.29) is 55.4 Å². The number of furan rings is 1. The van der Waals surface area contributed by atoms with Gasteiger partial charge in [0.15, 0.2) is 5.82 Å². The highest BCUT2D eigenvalue weighted by atomic mass is 32.2. The van der Waals surface area contributed by atoms with Gasteiger partial charge in [0.25, 0.3) is 11.8 Å². The second kappa shape index (κ2) is 18.8. The van der Waals surface area contributed by atoms with Crippen molar-refractivity contribution < 1.29 is 46.2 Å². The van der Waals surface area contributed by atoms with Gasteiger partial charge in [-0.15, -0.1) is 6.58 Å². The van der Waals surface area contributed by atoms with E-state index < -0.39 is 62.8 Å². The number of hydrogen-bond acceptors (Lipinski definition) is 12. The Labute approximate surface area is 373 Å². The van der Waals surface area contributed by atoms with Crippen LogP contribution in [0.4, 0.5) is 4.79 Å². The van der Waals surface area contributed by atoms with Crippen LogP contribution in [0.1, 0.15) is 104 Å². The second-order valence-corrected chi connectivity index (χ2v) is 19.9. The zero-order chi connectivity index (χ0) is 45.2. The molecule has 64 heavy (non-hydrogen) atoms. The molecule has 3 aliphatic carbocycles. The summed E-state index contributed by atoms with van der Waals surface area (Å²) in [5.41, 5.74) is 0.552. The Morgan fingerprint density at radius 1 is 0.984 bits per heavy atom. The number of hydrogen-bond donors (Lipinski definition) is 3. The molecular formula is C47H58N6O10S. The maximum atomic E-state index is 14.9. The largest absolute Gasteiger partial charge is 0.491 e. The first-order valence-corrected chi connectivity index (χ1v) is 24.2. The molecule has 5 atom stereocenters. The van der Waals surface area contributed by atoms with Gasteiger partial charge in [-0.05, 0) is 120 Å². The zero-order valence-electron chi connectivity index (χ0n) is 36.7. The highest BCUT2D eigenvalue weighted by molar-refractivity contribution is 7.91. The molecule has 0 spiro atoms. The molecule has 0 radical (unpaired) electrons. The monoisotopic (exact) mass is 898 g/mol. The van der Waals surface area contributed by atoms with E-state index >= 15 is 0 Å². The smallest absolute Gasteiger partial charge is 0.408 e. The van der Waals surface area contributed by atoms with Crippen molar-refractivity contribution in [3.63, 3.8) is 0 Å². The number of amides is 4. The number of rotatable bonds is 19. The minimum atomic E-state index is -3.90. The van der Waals surface area contributed by atoms with Gasteiger partial charge in [-0.25, -0.2) is 18.2 Å².